The first-order chi connectivity index (χ1) is 10.0. The lowest BCUT2D eigenvalue weighted by Crippen LogP contribution is -2.21. The fourth-order valence-corrected chi connectivity index (χ4v) is 2.52. The van der Waals surface area contributed by atoms with Crippen molar-refractivity contribution in [3.63, 3.8) is 0 Å². The molecular weight excluding hydrogens is 264 g/mol. The highest BCUT2D eigenvalue weighted by Gasteiger charge is 2.27. The van der Waals surface area contributed by atoms with Gasteiger partial charge in [0.15, 0.2) is 0 Å². The first-order valence-electron chi connectivity index (χ1n) is 6.77. The van der Waals surface area contributed by atoms with Crippen molar-refractivity contribution in [2.24, 2.45) is 0 Å². The summed E-state index contributed by atoms with van der Waals surface area (Å²) < 4.78 is 0. The van der Waals surface area contributed by atoms with E-state index < -0.39 is 18.0 Å². The lowest BCUT2D eigenvalue weighted by atomic mass is 9.83. The zero-order valence-corrected chi connectivity index (χ0v) is 11.9. The zero-order valence-electron chi connectivity index (χ0n) is 11.9. The van der Waals surface area contributed by atoms with Crippen LogP contribution in [0.15, 0.2) is 66.7 Å². The maximum atomic E-state index is 11.3. The van der Waals surface area contributed by atoms with Crippen molar-refractivity contribution in [2.45, 2.75) is 18.9 Å². The second-order valence-electron chi connectivity index (χ2n) is 5.00. The van der Waals surface area contributed by atoms with E-state index >= 15 is 0 Å². The minimum absolute atomic E-state index is 0.00613. The molecule has 0 fully saturated rings. The maximum Gasteiger partial charge on any atom is 0.331 e. The van der Waals surface area contributed by atoms with E-state index in [4.69, 9.17) is 0 Å². The number of benzene rings is 2. The molecule has 0 bridgehead atoms. The number of hydrogen-bond acceptors (Lipinski definition) is 2. The van der Waals surface area contributed by atoms with Crippen molar-refractivity contribution in [1.82, 2.24) is 0 Å². The molecule has 0 aliphatic heterocycles. The number of carbonyl (C=O) groups is 1. The topological polar surface area (TPSA) is 57.5 Å². The predicted molar refractivity (Wildman–Crippen MR) is 83.1 cm³/mol. The molecule has 0 heterocycles. The molecule has 2 atom stereocenters. The number of aliphatic hydroxyl groups excluding tert-OH is 1. The van der Waals surface area contributed by atoms with Gasteiger partial charge in [0.05, 0.1) is 6.10 Å². The van der Waals surface area contributed by atoms with E-state index in [2.05, 4.69) is 6.58 Å². The Labute approximate surface area is 124 Å². The monoisotopic (exact) mass is 282 g/mol. The van der Waals surface area contributed by atoms with Gasteiger partial charge in [0, 0.05) is 11.5 Å². The number of carboxylic acids is 1. The van der Waals surface area contributed by atoms with Crippen molar-refractivity contribution in [3.05, 3.63) is 72.3 Å². The number of carboxylic acid groups (broad SMARTS) is 1. The van der Waals surface area contributed by atoms with Gasteiger partial charge in [-0.1, -0.05) is 61.2 Å². The van der Waals surface area contributed by atoms with Crippen LogP contribution in [0, 0.1) is 0 Å². The quantitative estimate of drug-likeness (QED) is 0.826. The third kappa shape index (κ3) is 3.20. The molecule has 2 N–H and O–H groups in total. The van der Waals surface area contributed by atoms with E-state index in [1.165, 1.54) is 0 Å². The Balaban J connectivity index is 2.57. The standard InChI is InChI=1S/C18H18O3/c1-12(18(20)21)17(13(2)19)16-11-7-6-10-15(16)14-8-4-3-5-9-14/h3-11,13,17,19H,1H2,2H3,(H,20,21). The Hall–Kier alpha value is -2.39. The molecule has 2 unspecified atom stereocenters. The van der Waals surface area contributed by atoms with Gasteiger partial charge in [0.25, 0.3) is 0 Å². The SMILES string of the molecule is C=C(C(=O)O)C(c1ccccc1-c1ccccc1)C(C)O. The second-order valence-corrected chi connectivity index (χ2v) is 5.00. The van der Waals surface area contributed by atoms with E-state index in [1.54, 1.807) is 6.92 Å². The van der Waals surface area contributed by atoms with Gasteiger partial charge in [-0.05, 0) is 23.6 Å². The van der Waals surface area contributed by atoms with Crippen LogP contribution in [-0.2, 0) is 4.79 Å². The van der Waals surface area contributed by atoms with E-state index in [0.717, 1.165) is 16.7 Å². The summed E-state index contributed by atoms with van der Waals surface area (Å²) in [6.07, 6.45) is -0.835. The Kier molecular flexibility index (Phi) is 4.55. The fraction of sp³-hybridized carbons (Fsp3) is 0.167. The zero-order chi connectivity index (χ0) is 15.4. The number of aliphatic carboxylic acids is 1. The average Bonchev–Trinajstić information content (AvgIpc) is 2.48. The smallest absolute Gasteiger partial charge is 0.331 e. The van der Waals surface area contributed by atoms with E-state index in [1.807, 2.05) is 54.6 Å². The molecule has 0 saturated heterocycles. The second kappa shape index (κ2) is 6.37. The van der Waals surface area contributed by atoms with Crippen LogP contribution in [0.3, 0.4) is 0 Å². The number of rotatable bonds is 5. The van der Waals surface area contributed by atoms with Crippen molar-refractivity contribution in [2.75, 3.05) is 0 Å². The number of aliphatic hydroxyl groups is 1. The molecule has 0 spiro atoms. The van der Waals surface area contributed by atoms with Gasteiger partial charge in [0.1, 0.15) is 0 Å². The highest BCUT2D eigenvalue weighted by atomic mass is 16.4. The Morgan fingerprint density at radius 1 is 1.05 bits per heavy atom. The molecule has 2 rings (SSSR count). The molecule has 3 nitrogen and oxygen atoms in total. The molecule has 0 aliphatic carbocycles. The van der Waals surface area contributed by atoms with Crippen LogP contribution in [-0.4, -0.2) is 22.3 Å². The summed E-state index contributed by atoms with van der Waals surface area (Å²) >= 11 is 0. The van der Waals surface area contributed by atoms with Crippen molar-refractivity contribution in [3.8, 4) is 11.1 Å². The third-order valence-corrected chi connectivity index (χ3v) is 3.51. The minimum atomic E-state index is -1.09. The van der Waals surface area contributed by atoms with Gasteiger partial charge in [-0.15, -0.1) is 0 Å². The normalized spacial score (nSPS) is 13.4. The summed E-state index contributed by atoms with van der Waals surface area (Å²) in [4.78, 5) is 11.3. The molecule has 3 heteroatoms. The summed E-state index contributed by atoms with van der Waals surface area (Å²) in [5, 5.41) is 19.2. The van der Waals surface area contributed by atoms with Crippen molar-refractivity contribution >= 4 is 5.97 Å². The van der Waals surface area contributed by atoms with Gasteiger partial charge in [-0.2, -0.15) is 0 Å². The Bertz CT molecular complexity index is 645. The van der Waals surface area contributed by atoms with Crippen LogP contribution in [0.2, 0.25) is 0 Å². The van der Waals surface area contributed by atoms with Crippen LogP contribution in [0.5, 0.6) is 0 Å². The van der Waals surface area contributed by atoms with Gasteiger partial charge in [-0.3, -0.25) is 0 Å². The average molecular weight is 282 g/mol. The van der Waals surface area contributed by atoms with Crippen molar-refractivity contribution in [1.29, 1.82) is 0 Å². The van der Waals surface area contributed by atoms with Gasteiger partial charge in [-0.25, -0.2) is 4.79 Å². The van der Waals surface area contributed by atoms with Crippen LogP contribution >= 0.6 is 0 Å². The van der Waals surface area contributed by atoms with Crippen LogP contribution in [0.25, 0.3) is 11.1 Å². The fourth-order valence-electron chi connectivity index (χ4n) is 2.52. The van der Waals surface area contributed by atoms with Crippen LogP contribution in [0.1, 0.15) is 18.4 Å². The predicted octanol–water partition coefficient (Wildman–Crippen LogP) is 3.46. The highest BCUT2D eigenvalue weighted by molar-refractivity contribution is 5.88. The summed E-state index contributed by atoms with van der Waals surface area (Å²) in [7, 11) is 0. The molecule has 2 aromatic rings. The lowest BCUT2D eigenvalue weighted by molar-refractivity contribution is -0.133. The molecule has 0 radical (unpaired) electrons. The summed E-state index contributed by atoms with van der Waals surface area (Å²) in [6, 6.07) is 17.2. The van der Waals surface area contributed by atoms with Gasteiger partial charge < -0.3 is 10.2 Å². The van der Waals surface area contributed by atoms with Crippen molar-refractivity contribution < 1.29 is 15.0 Å². The summed E-state index contributed by atoms with van der Waals surface area (Å²) in [6.45, 7) is 5.21. The first kappa shape index (κ1) is 15.0. The third-order valence-electron chi connectivity index (χ3n) is 3.51. The molecule has 108 valence electrons. The van der Waals surface area contributed by atoms with Gasteiger partial charge in [0.2, 0.25) is 0 Å². The molecule has 0 amide bonds. The van der Waals surface area contributed by atoms with Crippen LogP contribution in [0.4, 0.5) is 0 Å². The molecule has 0 saturated carbocycles. The number of hydrogen-bond donors (Lipinski definition) is 2. The first-order valence-corrected chi connectivity index (χ1v) is 6.77. The largest absolute Gasteiger partial charge is 0.478 e. The van der Waals surface area contributed by atoms with E-state index in [9.17, 15) is 15.0 Å². The van der Waals surface area contributed by atoms with E-state index in [0.29, 0.717) is 0 Å². The van der Waals surface area contributed by atoms with Crippen LogP contribution < -0.4 is 0 Å². The minimum Gasteiger partial charge on any atom is -0.478 e. The maximum absolute atomic E-state index is 11.3. The molecule has 21 heavy (non-hydrogen) atoms. The Morgan fingerprint density at radius 3 is 2.19 bits per heavy atom. The molecule has 2 aromatic carbocycles. The molecular formula is C18H18O3. The van der Waals surface area contributed by atoms with E-state index in [-0.39, 0.29) is 5.57 Å². The molecule has 0 aromatic heterocycles. The van der Waals surface area contributed by atoms with Gasteiger partial charge >= 0.3 is 5.97 Å². The lowest BCUT2D eigenvalue weighted by Gasteiger charge is -2.23. The summed E-state index contributed by atoms with van der Waals surface area (Å²) in [5.41, 5.74) is 2.66. The summed E-state index contributed by atoms with van der Waals surface area (Å²) in [5.74, 6) is -1.73. The highest BCUT2D eigenvalue weighted by Crippen LogP contribution is 2.35. The molecule has 0 aliphatic rings. The Morgan fingerprint density at radius 2 is 1.62 bits per heavy atom.